The first-order chi connectivity index (χ1) is 9.63. The van der Waals surface area contributed by atoms with Crippen molar-refractivity contribution < 1.29 is 0 Å². The summed E-state index contributed by atoms with van der Waals surface area (Å²) in [6.45, 7) is 14.7. The van der Waals surface area contributed by atoms with Gasteiger partial charge in [-0.25, -0.2) is 0 Å². The molecule has 0 bridgehead atoms. The lowest BCUT2D eigenvalue weighted by molar-refractivity contribution is 0.0853. The third kappa shape index (κ3) is 4.19. The maximum Gasteiger partial charge on any atom is 0.0110 e. The molecule has 0 radical (unpaired) electrons. The molecule has 3 atom stereocenters. The van der Waals surface area contributed by atoms with Crippen LogP contribution in [-0.4, -0.2) is 62.2 Å². The Morgan fingerprint density at radius 2 is 1.70 bits per heavy atom. The van der Waals surface area contributed by atoms with Gasteiger partial charge < -0.3 is 15.1 Å². The van der Waals surface area contributed by atoms with Crippen molar-refractivity contribution >= 4 is 0 Å². The molecule has 20 heavy (non-hydrogen) atoms. The smallest absolute Gasteiger partial charge is 0.0110 e. The lowest BCUT2D eigenvalue weighted by Crippen LogP contribution is -2.51. The van der Waals surface area contributed by atoms with Crippen molar-refractivity contribution in [2.24, 2.45) is 17.8 Å². The Kier molecular flexibility index (Phi) is 6.31. The van der Waals surface area contributed by atoms with Crippen LogP contribution in [0.2, 0.25) is 0 Å². The van der Waals surface area contributed by atoms with Crippen molar-refractivity contribution in [3.63, 3.8) is 0 Å². The topological polar surface area (TPSA) is 18.5 Å². The summed E-state index contributed by atoms with van der Waals surface area (Å²) in [6, 6.07) is 0.745. The predicted molar refractivity (Wildman–Crippen MR) is 87.1 cm³/mol. The highest BCUT2D eigenvalue weighted by Crippen LogP contribution is 2.34. The van der Waals surface area contributed by atoms with Crippen LogP contribution in [0.25, 0.3) is 0 Å². The van der Waals surface area contributed by atoms with Gasteiger partial charge in [-0.2, -0.15) is 0 Å². The Morgan fingerprint density at radius 3 is 2.25 bits per heavy atom. The summed E-state index contributed by atoms with van der Waals surface area (Å²) in [5.74, 6) is 2.66. The van der Waals surface area contributed by atoms with Gasteiger partial charge in [0.2, 0.25) is 0 Å². The van der Waals surface area contributed by atoms with Gasteiger partial charge >= 0.3 is 0 Å². The average molecular weight is 281 g/mol. The van der Waals surface area contributed by atoms with E-state index in [4.69, 9.17) is 0 Å². The summed E-state index contributed by atoms with van der Waals surface area (Å²) >= 11 is 0. The molecule has 1 heterocycles. The van der Waals surface area contributed by atoms with Crippen LogP contribution in [0.5, 0.6) is 0 Å². The van der Waals surface area contributed by atoms with Gasteiger partial charge in [0.25, 0.3) is 0 Å². The Balaban J connectivity index is 1.85. The summed E-state index contributed by atoms with van der Waals surface area (Å²) in [6.07, 6.45) is 4.22. The van der Waals surface area contributed by atoms with Gasteiger partial charge in [0, 0.05) is 38.8 Å². The van der Waals surface area contributed by atoms with Crippen molar-refractivity contribution in [3.05, 3.63) is 0 Å². The van der Waals surface area contributed by atoms with Crippen LogP contribution in [-0.2, 0) is 0 Å². The van der Waals surface area contributed by atoms with Crippen LogP contribution in [0.3, 0.4) is 0 Å². The molecule has 0 spiro atoms. The monoisotopic (exact) mass is 281 g/mol. The van der Waals surface area contributed by atoms with E-state index >= 15 is 0 Å². The number of piperazine rings is 1. The van der Waals surface area contributed by atoms with Gasteiger partial charge in [0.05, 0.1) is 0 Å². The van der Waals surface area contributed by atoms with Crippen molar-refractivity contribution in [3.8, 4) is 0 Å². The molecule has 2 aliphatic rings. The van der Waals surface area contributed by atoms with Gasteiger partial charge in [0.1, 0.15) is 0 Å². The number of rotatable bonds is 5. The molecule has 3 nitrogen and oxygen atoms in total. The second-order valence-electron chi connectivity index (χ2n) is 7.21. The molecule has 1 aliphatic heterocycles. The zero-order valence-electron chi connectivity index (χ0n) is 14.1. The van der Waals surface area contributed by atoms with Gasteiger partial charge in [-0.15, -0.1) is 0 Å². The molecule has 1 saturated heterocycles. The fourth-order valence-electron chi connectivity index (χ4n) is 4.11. The lowest BCUT2D eigenvalue weighted by Gasteiger charge is -2.42. The fourth-order valence-corrected chi connectivity index (χ4v) is 4.11. The molecular weight excluding hydrogens is 246 g/mol. The van der Waals surface area contributed by atoms with E-state index in [1.807, 2.05) is 0 Å². The molecule has 0 aromatic rings. The van der Waals surface area contributed by atoms with Crippen molar-refractivity contribution in [2.75, 3.05) is 46.3 Å². The molecule has 2 rings (SSSR count). The minimum Gasteiger partial charge on any atom is -0.317 e. The number of likely N-dealkylation sites (N-methyl/N-ethyl adjacent to an activating group) is 1. The molecule has 0 aromatic heterocycles. The second kappa shape index (κ2) is 7.77. The second-order valence-corrected chi connectivity index (χ2v) is 7.21. The van der Waals surface area contributed by atoms with Crippen LogP contribution in [0.15, 0.2) is 0 Å². The van der Waals surface area contributed by atoms with E-state index in [9.17, 15) is 0 Å². The Bertz CT molecular complexity index is 271. The van der Waals surface area contributed by atoms with Gasteiger partial charge in [-0.1, -0.05) is 20.8 Å². The van der Waals surface area contributed by atoms with E-state index in [2.05, 4.69) is 42.9 Å². The van der Waals surface area contributed by atoms with Crippen molar-refractivity contribution in [1.82, 2.24) is 15.1 Å². The summed E-state index contributed by atoms with van der Waals surface area (Å²) in [4.78, 5) is 5.29. The molecule has 2 fully saturated rings. The van der Waals surface area contributed by atoms with E-state index in [1.165, 1.54) is 58.5 Å². The first kappa shape index (κ1) is 16.3. The normalized spacial score (nSPS) is 33.8. The molecule has 0 amide bonds. The average Bonchev–Trinajstić information content (AvgIpc) is 2.48. The zero-order valence-corrected chi connectivity index (χ0v) is 14.1. The highest BCUT2D eigenvalue weighted by molar-refractivity contribution is 4.87. The minimum atomic E-state index is 0.745. The highest BCUT2D eigenvalue weighted by atomic mass is 15.3. The molecule has 118 valence electrons. The van der Waals surface area contributed by atoms with Crippen LogP contribution in [0, 0.1) is 17.8 Å². The van der Waals surface area contributed by atoms with E-state index in [0.29, 0.717) is 0 Å². The van der Waals surface area contributed by atoms with Crippen LogP contribution in [0.4, 0.5) is 0 Å². The minimum absolute atomic E-state index is 0.745. The highest BCUT2D eigenvalue weighted by Gasteiger charge is 2.32. The van der Waals surface area contributed by atoms with Crippen LogP contribution < -0.4 is 5.32 Å². The van der Waals surface area contributed by atoms with Crippen LogP contribution >= 0.6 is 0 Å². The van der Waals surface area contributed by atoms with Gasteiger partial charge in [0.15, 0.2) is 0 Å². The molecule has 3 heteroatoms. The SMILES string of the molecule is CCN1CCN(CC2CC(C(C)C)CCC2NC)CC1. The third-order valence-electron chi connectivity index (χ3n) is 5.74. The molecule has 3 unspecified atom stereocenters. The molecular formula is C17H35N3. The number of hydrogen-bond acceptors (Lipinski definition) is 3. The Labute approximate surface area is 126 Å². The largest absolute Gasteiger partial charge is 0.317 e. The number of nitrogens with one attached hydrogen (secondary N) is 1. The van der Waals surface area contributed by atoms with Crippen LogP contribution in [0.1, 0.15) is 40.0 Å². The third-order valence-corrected chi connectivity index (χ3v) is 5.74. The molecule has 0 aromatic carbocycles. The maximum atomic E-state index is 3.59. The van der Waals surface area contributed by atoms with Crippen molar-refractivity contribution in [1.29, 1.82) is 0 Å². The quantitative estimate of drug-likeness (QED) is 0.834. The summed E-state index contributed by atoms with van der Waals surface area (Å²) < 4.78 is 0. The summed E-state index contributed by atoms with van der Waals surface area (Å²) in [5, 5.41) is 3.59. The van der Waals surface area contributed by atoms with E-state index < -0.39 is 0 Å². The molecule has 1 saturated carbocycles. The summed E-state index contributed by atoms with van der Waals surface area (Å²) in [5.41, 5.74) is 0. The van der Waals surface area contributed by atoms with E-state index in [1.54, 1.807) is 0 Å². The standard InChI is InChI=1S/C17H35N3/c1-5-19-8-10-20(11-9-19)13-16-12-15(14(2)3)6-7-17(16)18-4/h14-18H,5-13H2,1-4H3. The lowest BCUT2D eigenvalue weighted by atomic mass is 9.73. The van der Waals surface area contributed by atoms with Crippen molar-refractivity contribution in [2.45, 2.75) is 46.1 Å². The first-order valence-corrected chi connectivity index (χ1v) is 8.76. The summed E-state index contributed by atoms with van der Waals surface area (Å²) in [7, 11) is 2.16. The number of hydrogen-bond donors (Lipinski definition) is 1. The molecule has 1 N–H and O–H groups in total. The van der Waals surface area contributed by atoms with Gasteiger partial charge in [-0.05, 0) is 50.6 Å². The van der Waals surface area contributed by atoms with E-state index in [-0.39, 0.29) is 0 Å². The number of nitrogens with zero attached hydrogens (tertiary/aromatic N) is 2. The maximum absolute atomic E-state index is 3.59. The Morgan fingerprint density at radius 1 is 1.05 bits per heavy atom. The fraction of sp³-hybridized carbons (Fsp3) is 1.00. The first-order valence-electron chi connectivity index (χ1n) is 8.76. The molecule has 1 aliphatic carbocycles. The van der Waals surface area contributed by atoms with Gasteiger partial charge in [-0.3, -0.25) is 0 Å². The Hall–Kier alpha value is -0.120. The predicted octanol–water partition coefficient (Wildman–Crippen LogP) is 2.28. The van der Waals surface area contributed by atoms with E-state index in [0.717, 1.165) is 23.8 Å². The zero-order chi connectivity index (χ0) is 14.5.